The van der Waals surface area contributed by atoms with Crippen LogP contribution in [0.25, 0.3) is 0 Å². The van der Waals surface area contributed by atoms with Crippen LogP contribution in [-0.2, 0) is 13.0 Å². The summed E-state index contributed by atoms with van der Waals surface area (Å²) < 4.78 is 16.5. The Morgan fingerprint density at radius 3 is 2.53 bits per heavy atom. The fourth-order valence-electron chi connectivity index (χ4n) is 3.13. The average Bonchev–Trinajstić information content (AvgIpc) is 2.71. The summed E-state index contributed by atoms with van der Waals surface area (Å²) >= 11 is 0. The maximum Gasteiger partial charge on any atom is 0.213 e. The number of aliphatic imine (C=N–C) groups is 1. The summed E-state index contributed by atoms with van der Waals surface area (Å²) in [6, 6.07) is 9.70. The lowest BCUT2D eigenvalue weighted by molar-refractivity contribution is 0.185. The molecule has 2 rings (SSSR count). The van der Waals surface area contributed by atoms with Crippen molar-refractivity contribution in [3.8, 4) is 17.4 Å². The highest BCUT2D eigenvalue weighted by molar-refractivity contribution is 5.77. The zero-order chi connectivity index (χ0) is 21.9. The molecule has 0 aliphatic heterocycles. The van der Waals surface area contributed by atoms with Gasteiger partial charge in [0.1, 0.15) is 0 Å². The van der Waals surface area contributed by atoms with E-state index in [2.05, 4.69) is 36.1 Å². The van der Waals surface area contributed by atoms with Crippen LogP contribution in [0.15, 0.2) is 41.5 Å². The van der Waals surface area contributed by atoms with Gasteiger partial charge >= 0.3 is 0 Å². The molecule has 1 atom stereocenters. The summed E-state index contributed by atoms with van der Waals surface area (Å²) in [5.41, 5.74) is 8.13. The molecular weight excluding hydrogens is 380 g/mol. The quantitative estimate of drug-likeness (QED) is 0.432. The highest BCUT2D eigenvalue weighted by atomic mass is 16.5. The fraction of sp³-hybridized carbons (Fsp3) is 0.478. The van der Waals surface area contributed by atoms with Crippen LogP contribution >= 0.6 is 0 Å². The third-order valence-corrected chi connectivity index (χ3v) is 4.52. The molecule has 0 aliphatic rings. The Kier molecular flexibility index (Phi) is 9.25. The van der Waals surface area contributed by atoms with E-state index in [9.17, 15) is 0 Å². The number of benzene rings is 1. The van der Waals surface area contributed by atoms with E-state index in [1.165, 1.54) is 0 Å². The molecule has 7 nitrogen and oxygen atoms in total. The largest absolute Gasteiger partial charge is 0.493 e. The van der Waals surface area contributed by atoms with Gasteiger partial charge in [-0.25, -0.2) is 9.98 Å². The lowest BCUT2D eigenvalue weighted by Crippen LogP contribution is -2.33. The minimum atomic E-state index is 0.125. The minimum absolute atomic E-state index is 0.125. The van der Waals surface area contributed by atoms with Crippen LogP contribution in [0.3, 0.4) is 0 Å². The van der Waals surface area contributed by atoms with Gasteiger partial charge in [-0.3, -0.25) is 0 Å². The number of hydrogen-bond acceptors (Lipinski definition) is 5. The summed E-state index contributed by atoms with van der Waals surface area (Å²) in [5.74, 6) is 3.04. The molecule has 0 amide bonds. The number of rotatable bonds is 11. The number of nitrogens with zero attached hydrogens (tertiary/aromatic N) is 2. The van der Waals surface area contributed by atoms with Crippen LogP contribution in [0.1, 0.15) is 38.3 Å². The second kappa shape index (κ2) is 11.9. The Labute approximate surface area is 179 Å². The van der Waals surface area contributed by atoms with E-state index in [1.54, 1.807) is 20.4 Å². The average molecular weight is 415 g/mol. The number of aromatic nitrogens is 1. The van der Waals surface area contributed by atoms with Gasteiger partial charge in [0.15, 0.2) is 17.5 Å². The zero-order valence-electron chi connectivity index (χ0n) is 18.6. The predicted octanol–water partition coefficient (Wildman–Crippen LogP) is 3.56. The first kappa shape index (κ1) is 23.3. The van der Waals surface area contributed by atoms with Crippen LogP contribution < -0.4 is 25.3 Å². The van der Waals surface area contributed by atoms with Crippen molar-refractivity contribution in [2.75, 3.05) is 20.8 Å². The summed E-state index contributed by atoms with van der Waals surface area (Å²) in [4.78, 5) is 8.70. The maximum atomic E-state index is 6.01. The molecule has 1 aromatic carbocycles. The molecule has 1 unspecified atom stereocenters. The van der Waals surface area contributed by atoms with Gasteiger partial charge < -0.3 is 25.3 Å². The van der Waals surface area contributed by atoms with E-state index in [-0.39, 0.29) is 6.10 Å². The van der Waals surface area contributed by atoms with E-state index in [0.717, 1.165) is 35.5 Å². The Bertz CT molecular complexity index is 824. The topological polar surface area (TPSA) is 91.0 Å². The van der Waals surface area contributed by atoms with Crippen molar-refractivity contribution in [2.24, 2.45) is 16.6 Å². The molecule has 0 radical (unpaired) electrons. The number of nitrogens with one attached hydrogen (secondary N) is 1. The van der Waals surface area contributed by atoms with E-state index in [0.29, 0.717) is 30.8 Å². The summed E-state index contributed by atoms with van der Waals surface area (Å²) in [6.07, 6.45) is 3.64. The third kappa shape index (κ3) is 7.81. The van der Waals surface area contributed by atoms with Crippen molar-refractivity contribution in [3.63, 3.8) is 0 Å². The second-order valence-corrected chi connectivity index (χ2v) is 7.63. The number of nitrogens with two attached hydrogens (primary N) is 1. The van der Waals surface area contributed by atoms with Crippen molar-refractivity contribution in [3.05, 3.63) is 47.7 Å². The van der Waals surface area contributed by atoms with Crippen LogP contribution in [-0.4, -0.2) is 37.8 Å². The molecule has 3 N–H and O–H groups in total. The molecule has 0 spiro atoms. The molecule has 1 aromatic heterocycles. The number of methoxy groups -OCH3 is 2. The van der Waals surface area contributed by atoms with Gasteiger partial charge in [0.25, 0.3) is 0 Å². The van der Waals surface area contributed by atoms with Gasteiger partial charge in [-0.05, 0) is 55.0 Å². The molecule has 0 aliphatic carbocycles. The SMILES string of the molecule is COc1ccc(CCNC(N)=NCc2ccnc(OC(C)CC(C)C)c2)cc1OC. The number of guanidine groups is 1. The first-order valence-electron chi connectivity index (χ1n) is 10.3. The van der Waals surface area contributed by atoms with Gasteiger partial charge in [-0.1, -0.05) is 19.9 Å². The highest BCUT2D eigenvalue weighted by Gasteiger charge is 2.08. The van der Waals surface area contributed by atoms with Crippen LogP contribution in [0.4, 0.5) is 0 Å². The van der Waals surface area contributed by atoms with Crippen molar-refractivity contribution >= 4 is 5.96 Å². The Hall–Kier alpha value is -2.96. The van der Waals surface area contributed by atoms with E-state index in [4.69, 9.17) is 19.9 Å². The number of hydrogen-bond donors (Lipinski definition) is 2. The number of pyridine rings is 1. The third-order valence-electron chi connectivity index (χ3n) is 4.52. The smallest absolute Gasteiger partial charge is 0.213 e. The molecule has 0 fully saturated rings. The Morgan fingerprint density at radius 1 is 1.07 bits per heavy atom. The Morgan fingerprint density at radius 2 is 1.83 bits per heavy atom. The van der Waals surface area contributed by atoms with Gasteiger partial charge in [-0.2, -0.15) is 0 Å². The Balaban J connectivity index is 1.83. The molecule has 7 heteroatoms. The predicted molar refractivity (Wildman–Crippen MR) is 120 cm³/mol. The molecule has 0 saturated carbocycles. The minimum Gasteiger partial charge on any atom is -0.493 e. The molecule has 0 saturated heterocycles. The summed E-state index contributed by atoms with van der Waals surface area (Å²) in [6.45, 7) is 7.56. The zero-order valence-corrected chi connectivity index (χ0v) is 18.6. The maximum absolute atomic E-state index is 6.01. The van der Waals surface area contributed by atoms with Gasteiger partial charge in [-0.15, -0.1) is 0 Å². The van der Waals surface area contributed by atoms with Crippen LogP contribution in [0, 0.1) is 5.92 Å². The van der Waals surface area contributed by atoms with Crippen LogP contribution in [0.2, 0.25) is 0 Å². The molecule has 1 heterocycles. The summed E-state index contributed by atoms with van der Waals surface area (Å²) in [5, 5.41) is 3.14. The van der Waals surface area contributed by atoms with Gasteiger partial charge in [0.05, 0.1) is 26.9 Å². The van der Waals surface area contributed by atoms with Crippen molar-refractivity contribution in [1.29, 1.82) is 0 Å². The van der Waals surface area contributed by atoms with E-state index >= 15 is 0 Å². The summed E-state index contributed by atoms with van der Waals surface area (Å²) in [7, 11) is 3.26. The lowest BCUT2D eigenvalue weighted by Gasteiger charge is -2.16. The highest BCUT2D eigenvalue weighted by Crippen LogP contribution is 2.27. The standard InChI is InChI=1S/C23H34N4O3/c1-16(2)12-17(3)30-22-14-19(9-10-25-22)15-27-23(24)26-11-8-18-6-7-20(28-4)21(13-18)29-5/h6-7,9-10,13-14,16-17H,8,11-12,15H2,1-5H3,(H3,24,26,27). The molecule has 164 valence electrons. The van der Waals surface area contributed by atoms with Crippen molar-refractivity contribution in [2.45, 2.75) is 46.3 Å². The van der Waals surface area contributed by atoms with Gasteiger partial charge in [0, 0.05) is 18.8 Å². The lowest BCUT2D eigenvalue weighted by atomic mass is 10.1. The van der Waals surface area contributed by atoms with Crippen molar-refractivity contribution in [1.82, 2.24) is 10.3 Å². The fourth-order valence-corrected chi connectivity index (χ4v) is 3.13. The number of ether oxygens (including phenoxy) is 3. The monoisotopic (exact) mass is 414 g/mol. The normalized spacial score (nSPS) is 12.5. The van der Waals surface area contributed by atoms with E-state index in [1.807, 2.05) is 30.3 Å². The first-order chi connectivity index (χ1) is 14.4. The second-order valence-electron chi connectivity index (χ2n) is 7.63. The molecule has 30 heavy (non-hydrogen) atoms. The van der Waals surface area contributed by atoms with Crippen LogP contribution in [0.5, 0.6) is 17.4 Å². The van der Waals surface area contributed by atoms with E-state index < -0.39 is 0 Å². The molecule has 0 bridgehead atoms. The van der Waals surface area contributed by atoms with Crippen molar-refractivity contribution < 1.29 is 14.2 Å². The first-order valence-corrected chi connectivity index (χ1v) is 10.3. The molecular formula is C23H34N4O3. The van der Waals surface area contributed by atoms with Gasteiger partial charge in [0.2, 0.25) is 5.88 Å². The molecule has 2 aromatic rings.